The van der Waals surface area contributed by atoms with Gasteiger partial charge in [-0.2, -0.15) is 0 Å². The van der Waals surface area contributed by atoms with E-state index in [-0.39, 0.29) is 48.2 Å². The molecule has 4 aromatic rings. The number of carbonyl (C=O) groups is 4. The zero-order valence-electron chi connectivity index (χ0n) is 24.0. The number of thioether (sulfide) groups is 2. The highest BCUT2D eigenvalue weighted by molar-refractivity contribution is 8.00. The van der Waals surface area contributed by atoms with Gasteiger partial charge in [0.1, 0.15) is 0 Å². The fourth-order valence-electron chi connectivity index (χ4n) is 3.88. The maximum atomic E-state index is 12.5. The number of rotatable bonds is 14. The molecule has 43 heavy (non-hydrogen) atoms. The van der Waals surface area contributed by atoms with E-state index in [1.54, 1.807) is 48.5 Å². The zero-order chi connectivity index (χ0) is 30.7. The van der Waals surface area contributed by atoms with E-state index in [1.165, 1.54) is 23.5 Å². The van der Waals surface area contributed by atoms with Crippen LogP contribution in [0.4, 0.5) is 0 Å². The summed E-state index contributed by atoms with van der Waals surface area (Å²) in [5, 5.41) is 0. The maximum Gasteiger partial charge on any atom is 0.316 e. The van der Waals surface area contributed by atoms with Gasteiger partial charge in [0.25, 0.3) is 0 Å². The van der Waals surface area contributed by atoms with Crippen LogP contribution in [0, 0.1) is 5.41 Å². The van der Waals surface area contributed by atoms with Crippen molar-refractivity contribution in [3.63, 3.8) is 0 Å². The molecule has 6 nitrogen and oxygen atoms in total. The van der Waals surface area contributed by atoms with Gasteiger partial charge in [0, 0.05) is 37.5 Å². The first-order chi connectivity index (χ1) is 20.7. The van der Waals surface area contributed by atoms with Gasteiger partial charge in [0.05, 0.1) is 24.7 Å². The predicted molar refractivity (Wildman–Crippen MR) is 170 cm³/mol. The minimum Gasteiger partial charge on any atom is -0.464 e. The van der Waals surface area contributed by atoms with Gasteiger partial charge in [0.15, 0.2) is 11.6 Å². The molecule has 0 aromatic heterocycles. The summed E-state index contributed by atoms with van der Waals surface area (Å²) in [7, 11) is 0. The van der Waals surface area contributed by atoms with Crippen molar-refractivity contribution in [1.29, 1.82) is 0 Å². The van der Waals surface area contributed by atoms with Crippen molar-refractivity contribution >= 4 is 47.0 Å². The van der Waals surface area contributed by atoms with E-state index < -0.39 is 5.41 Å². The number of hydrogen-bond acceptors (Lipinski definition) is 8. The van der Waals surface area contributed by atoms with Crippen molar-refractivity contribution in [2.24, 2.45) is 5.41 Å². The molecule has 0 amide bonds. The minimum absolute atomic E-state index is 0.0519. The lowest BCUT2D eigenvalue weighted by Crippen LogP contribution is -2.29. The van der Waals surface area contributed by atoms with Crippen LogP contribution < -0.4 is 0 Å². The lowest BCUT2D eigenvalue weighted by atomic mass is 9.96. The normalized spacial score (nSPS) is 11.0. The number of ether oxygens (including phenoxy) is 2. The van der Waals surface area contributed by atoms with E-state index >= 15 is 0 Å². The standard InChI is InChI=1S/C35H32O6S2/c1-35(2,23-40-31(36)21-42-29-17-13-27(14-18-29)33(38)25-9-5-3-6-10-25)24-41-32(37)22-43-30-19-15-28(16-20-30)34(39)26-11-7-4-8-12-26/h3-20H,21-24H2,1-2H3. The molecule has 0 N–H and O–H groups in total. The summed E-state index contributed by atoms with van der Waals surface area (Å²) >= 11 is 2.65. The minimum atomic E-state index is -0.556. The van der Waals surface area contributed by atoms with Gasteiger partial charge in [-0.3, -0.25) is 19.2 Å². The van der Waals surface area contributed by atoms with Gasteiger partial charge in [-0.05, 0) is 48.5 Å². The molecular weight excluding hydrogens is 581 g/mol. The fourth-order valence-corrected chi connectivity index (χ4v) is 5.27. The van der Waals surface area contributed by atoms with E-state index in [9.17, 15) is 19.2 Å². The molecule has 4 rings (SSSR count). The molecule has 0 atom stereocenters. The third kappa shape index (κ3) is 9.98. The average molecular weight is 613 g/mol. The van der Waals surface area contributed by atoms with Gasteiger partial charge >= 0.3 is 11.9 Å². The molecule has 0 bridgehead atoms. The Hall–Kier alpha value is -4.14. The summed E-state index contributed by atoms with van der Waals surface area (Å²) in [4.78, 5) is 51.5. The van der Waals surface area contributed by atoms with Crippen LogP contribution in [0.2, 0.25) is 0 Å². The highest BCUT2D eigenvalue weighted by Crippen LogP contribution is 2.23. The first-order valence-electron chi connectivity index (χ1n) is 13.7. The number of carbonyl (C=O) groups excluding carboxylic acids is 4. The molecule has 0 aliphatic heterocycles. The summed E-state index contributed by atoms with van der Waals surface area (Å²) in [6, 6.07) is 32.4. The fraction of sp³-hybridized carbons (Fsp3) is 0.200. The molecule has 0 saturated carbocycles. The molecule has 4 aromatic carbocycles. The van der Waals surface area contributed by atoms with Crippen LogP contribution in [0.5, 0.6) is 0 Å². The molecule has 0 saturated heterocycles. The Morgan fingerprint density at radius 1 is 0.512 bits per heavy atom. The van der Waals surface area contributed by atoms with Crippen molar-refractivity contribution < 1.29 is 28.7 Å². The van der Waals surface area contributed by atoms with Gasteiger partial charge in [-0.1, -0.05) is 74.5 Å². The molecule has 0 radical (unpaired) electrons. The van der Waals surface area contributed by atoms with Crippen molar-refractivity contribution in [3.05, 3.63) is 131 Å². The largest absolute Gasteiger partial charge is 0.464 e. The van der Waals surface area contributed by atoms with Crippen LogP contribution in [0.15, 0.2) is 119 Å². The molecule has 8 heteroatoms. The molecule has 0 aliphatic carbocycles. The highest BCUT2D eigenvalue weighted by atomic mass is 32.2. The van der Waals surface area contributed by atoms with Crippen molar-refractivity contribution in [3.8, 4) is 0 Å². The lowest BCUT2D eigenvalue weighted by Gasteiger charge is -2.23. The molecule has 220 valence electrons. The van der Waals surface area contributed by atoms with Crippen molar-refractivity contribution in [2.45, 2.75) is 23.6 Å². The van der Waals surface area contributed by atoms with Gasteiger partial charge in [0.2, 0.25) is 0 Å². The smallest absolute Gasteiger partial charge is 0.316 e. The van der Waals surface area contributed by atoms with Gasteiger partial charge < -0.3 is 9.47 Å². The SMILES string of the molecule is CC(C)(COC(=O)CSc1ccc(C(=O)c2ccccc2)cc1)COC(=O)CSc1ccc(C(=O)c2ccccc2)cc1. The third-order valence-electron chi connectivity index (χ3n) is 6.27. The second kappa shape index (κ2) is 15.4. The topological polar surface area (TPSA) is 86.7 Å². The monoisotopic (exact) mass is 612 g/mol. The molecular formula is C35H32O6S2. The maximum absolute atomic E-state index is 12.5. The van der Waals surface area contributed by atoms with Crippen LogP contribution >= 0.6 is 23.5 Å². The Morgan fingerprint density at radius 2 is 0.837 bits per heavy atom. The molecule has 0 heterocycles. The van der Waals surface area contributed by atoms with Crippen molar-refractivity contribution in [2.75, 3.05) is 24.7 Å². The van der Waals surface area contributed by atoms with Crippen LogP contribution in [-0.2, 0) is 19.1 Å². The molecule has 0 spiro atoms. The van der Waals surface area contributed by atoms with E-state index in [4.69, 9.17) is 9.47 Å². The second-order valence-electron chi connectivity index (χ2n) is 10.5. The summed E-state index contributed by atoms with van der Waals surface area (Å²) in [6.07, 6.45) is 0. The Bertz CT molecular complexity index is 1420. The van der Waals surface area contributed by atoms with Crippen LogP contribution in [-0.4, -0.2) is 48.2 Å². The van der Waals surface area contributed by atoms with E-state index in [2.05, 4.69) is 0 Å². The highest BCUT2D eigenvalue weighted by Gasteiger charge is 2.23. The third-order valence-corrected chi connectivity index (χ3v) is 8.24. The Kier molecular flexibility index (Phi) is 11.4. The lowest BCUT2D eigenvalue weighted by molar-refractivity contribution is -0.149. The van der Waals surface area contributed by atoms with E-state index in [1.807, 2.05) is 74.5 Å². The number of ketones is 2. The zero-order valence-corrected chi connectivity index (χ0v) is 25.6. The van der Waals surface area contributed by atoms with Crippen molar-refractivity contribution in [1.82, 2.24) is 0 Å². The van der Waals surface area contributed by atoms with E-state index in [0.717, 1.165) is 9.79 Å². The quantitative estimate of drug-likeness (QED) is 0.0844. The Labute approximate surface area is 260 Å². The van der Waals surface area contributed by atoms with Crippen LogP contribution in [0.25, 0.3) is 0 Å². The summed E-state index contributed by atoms with van der Waals surface area (Å²) in [6.45, 7) is 3.93. The Balaban J connectivity index is 1.13. The van der Waals surface area contributed by atoms with Crippen LogP contribution in [0.1, 0.15) is 45.7 Å². The molecule has 0 unspecified atom stereocenters. The summed E-state index contributed by atoms with van der Waals surface area (Å²) in [5.41, 5.74) is 1.87. The number of benzene rings is 4. The summed E-state index contributed by atoms with van der Waals surface area (Å²) < 4.78 is 10.9. The second-order valence-corrected chi connectivity index (χ2v) is 12.6. The van der Waals surface area contributed by atoms with Crippen LogP contribution in [0.3, 0.4) is 0 Å². The number of esters is 2. The molecule has 0 fully saturated rings. The number of hydrogen-bond donors (Lipinski definition) is 0. The van der Waals surface area contributed by atoms with Gasteiger partial charge in [-0.15, -0.1) is 23.5 Å². The average Bonchev–Trinajstić information content (AvgIpc) is 3.05. The van der Waals surface area contributed by atoms with E-state index in [0.29, 0.717) is 22.3 Å². The predicted octanol–water partition coefficient (Wildman–Crippen LogP) is 7.15. The first kappa shape index (κ1) is 31.8. The Morgan fingerprint density at radius 3 is 1.19 bits per heavy atom. The molecule has 0 aliphatic rings. The van der Waals surface area contributed by atoms with Gasteiger partial charge in [-0.25, -0.2) is 0 Å². The first-order valence-corrected chi connectivity index (χ1v) is 15.6. The summed E-state index contributed by atoms with van der Waals surface area (Å²) in [5.74, 6) is -0.618.